The molecule has 0 saturated heterocycles. The molecule has 1 aromatic carbocycles. The number of aromatic nitrogens is 2. The molecule has 0 atom stereocenters. The first-order chi connectivity index (χ1) is 8.65. The van der Waals surface area contributed by atoms with Crippen LogP contribution >= 0.6 is 0 Å². The van der Waals surface area contributed by atoms with E-state index < -0.39 is 0 Å². The van der Waals surface area contributed by atoms with E-state index in [2.05, 4.69) is 10.3 Å². The number of benzene rings is 1. The molecule has 0 radical (unpaired) electrons. The Balaban J connectivity index is 1.94. The number of halogens is 1. The van der Waals surface area contributed by atoms with E-state index >= 15 is 0 Å². The van der Waals surface area contributed by atoms with Crippen LogP contribution in [-0.2, 0) is 6.54 Å². The van der Waals surface area contributed by atoms with E-state index in [0.29, 0.717) is 13.1 Å². The Bertz CT molecular complexity index is 578. The van der Waals surface area contributed by atoms with Crippen molar-refractivity contribution in [2.45, 2.75) is 13.5 Å². The van der Waals surface area contributed by atoms with Crippen molar-refractivity contribution >= 4 is 5.69 Å². The maximum absolute atomic E-state index is 12.7. The molecule has 2 rings (SSSR count). The number of aryl methyl sites for hydroxylation is 1. The molecule has 0 amide bonds. The molecule has 0 aliphatic heterocycles. The summed E-state index contributed by atoms with van der Waals surface area (Å²) in [6, 6.07) is 6.10. The molecule has 0 unspecified atom stereocenters. The summed E-state index contributed by atoms with van der Waals surface area (Å²) < 4.78 is 14.2. The fourth-order valence-electron chi connectivity index (χ4n) is 1.61. The van der Waals surface area contributed by atoms with Gasteiger partial charge in [0.2, 0.25) is 0 Å². The molecular formula is C13H14FN3O. The van der Waals surface area contributed by atoms with Gasteiger partial charge < -0.3 is 5.32 Å². The number of nitrogens with one attached hydrogen (secondary N) is 1. The fraction of sp³-hybridized carbons (Fsp3) is 0.231. The van der Waals surface area contributed by atoms with E-state index in [1.165, 1.54) is 12.1 Å². The predicted octanol–water partition coefficient (Wildman–Crippen LogP) is 1.80. The summed E-state index contributed by atoms with van der Waals surface area (Å²) >= 11 is 0. The van der Waals surface area contributed by atoms with Crippen LogP contribution in [0.25, 0.3) is 0 Å². The van der Waals surface area contributed by atoms with Gasteiger partial charge >= 0.3 is 5.69 Å². The molecule has 0 bridgehead atoms. The molecule has 0 aliphatic rings. The van der Waals surface area contributed by atoms with Crippen LogP contribution in [0, 0.1) is 12.7 Å². The Kier molecular flexibility index (Phi) is 3.72. The van der Waals surface area contributed by atoms with Crippen molar-refractivity contribution in [3.63, 3.8) is 0 Å². The maximum atomic E-state index is 12.7. The summed E-state index contributed by atoms with van der Waals surface area (Å²) in [5.41, 5.74) is 1.50. The van der Waals surface area contributed by atoms with E-state index in [1.807, 2.05) is 6.92 Å². The van der Waals surface area contributed by atoms with Crippen LogP contribution in [0.2, 0.25) is 0 Å². The Morgan fingerprint density at radius 2 is 2.06 bits per heavy atom. The van der Waals surface area contributed by atoms with Crippen molar-refractivity contribution in [1.29, 1.82) is 0 Å². The Labute approximate surface area is 104 Å². The monoisotopic (exact) mass is 247 g/mol. The third kappa shape index (κ3) is 3.16. The summed E-state index contributed by atoms with van der Waals surface area (Å²) in [6.07, 6.45) is 3.31. The van der Waals surface area contributed by atoms with Gasteiger partial charge in [0.1, 0.15) is 5.82 Å². The van der Waals surface area contributed by atoms with Crippen LogP contribution in [0.15, 0.2) is 41.5 Å². The van der Waals surface area contributed by atoms with Gasteiger partial charge in [0.15, 0.2) is 0 Å². The second-order valence-electron chi connectivity index (χ2n) is 4.04. The summed E-state index contributed by atoms with van der Waals surface area (Å²) in [5.74, 6) is -0.264. The van der Waals surface area contributed by atoms with E-state index in [1.54, 1.807) is 29.1 Å². The van der Waals surface area contributed by atoms with E-state index in [0.717, 1.165) is 11.3 Å². The van der Waals surface area contributed by atoms with Gasteiger partial charge in [-0.05, 0) is 36.8 Å². The lowest BCUT2D eigenvalue weighted by Crippen LogP contribution is -2.25. The summed E-state index contributed by atoms with van der Waals surface area (Å²) in [4.78, 5) is 15.2. The summed E-state index contributed by atoms with van der Waals surface area (Å²) in [5, 5.41) is 3.11. The average Bonchev–Trinajstić information content (AvgIpc) is 2.36. The Morgan fingerprint density at radius 1 is 1.33 bits per heavy atom. The van der Waals surface area contributed by atoms with Gasteiger partial charge in [-0.25, -0.2) is 14.2 Å². The van der Waals surface area contributed by atoms with Crippen molar-refractivity contribution in [3.05, 3.63) is 58.5 Å². The van der Waals surface area contributed by atoms with Crippen LogP contribution in [0.1, 0.15) is 5.56 Å². The van der Waals surface area contributed by atoms with Gasteiger partial charge in [0.25, 0.3) is 0 Å². The first-order valence-electron chi connectivity index (χ1n) is 5.68. The molecule has 1 heterocycles. The van der Waals surface area contributed by atoms with Crippen molar-refractivity contribution in [3.8, 4) is 0 Å². The maximum Gasteiger partial charge on any atom is 0.347 e. The Hall–Kier alpha value is -2.17. The highest BCUT2D eigenvalue weighted by Crippen LogP contribution is 2.07. The van der Waals surface area contributed by atoms with Gasteiger partial charge in [0.05, 0.1) is 0 Å². The molecule has 18 heavy (non-hydrogen) atoms. The topological polar surface area (TPSA) is 46.9 Å². The average molecular weight is 247 g/mol. The van der Waals surface area contributed by atoms with Crippen LogP contribution < -0.4 is 11.0 Å². The minimum atomic E-state index is -0.264. The van der Waals surface area contributed by atoms with Gasteiger partial charge in [-0.15, -0.1) is 0 Å². The third-order valence-electron chi connectivity index (χ3n) is 2.51. The highest BCUT2D eigenvalue weighted by Gasteiger charge is 1.97. The quantitative estimate of drug-likeness (QED) is 0.896. The number of rotatable bonds is 4. The number of hydrogen-bond donors (Lipinski definition) is 1. The second kappa shape index (κ2) is 5.44. The lowest BCUT2D eigenvalue weighted by molar-refractivity contribution is 0.627. The number of anilines is 1. The Morgan fingerprint density at radius 3 is 2.78 bits per heavy atom. The van der Waals surface area contributed by atoms with Crippen LogP contribution in [0.4, 0.5) is 10.1 Å². The molecule has 4 nitrogen and oxygen atoms in total. The van der Waals surface area contributed by atoms with Crippen molar-refractivity contribution < 1.29 is 4.39 Å². The summed E-state index contributed by atoms with van der Waals surface area (Å²) in [6.45, 7) is 2.98. The zero-order valence-electron chi connectivity index (χ0n) is 10.1. The molecule has 1 N–H and O–H groups in total. The van der Waals surface area contributed by atoms with Gasteiger partial charge in [0, 0.05) is 31.2 Å². The molecule has 1 aromatic heterocycles. The molecule has 0 saturated carbocycles. The van der Waals surface area contributed by atoms with E-state index in [9.17, 15) is 9.18 Å². The minimum Gasteiger partial charge on any atom is -0.383 e. The smallest absolute Gasteiger partial charge is 0.347 e. The molecule has 0 aliphatic carbocycles. The fourth-order valence-corrected chi connectivity index (χ4v) is 1.61. The minimum absolute atomic E-state index is 0.262. The van der Waals surface area contributed by atoms with Gasteiger partial charge in [-0.3, -0.25) is 4.57 Å². The summed E-state index contributed by atoms with van der Waals surface area (Å²) in [7, 11) is 0. The van der Waals surface area contributed by atoms with Crippen molar-refractivity contribution in [2.24, 2.45) is 0 Å². The molecule has 0 fully saturated rings. The lowest BCUT2D eigenvalue weighted by atomic mass is 10.3. The molecule has 2 aromatic rings. The zero-order chi connectivity index (χ0) is 13.0. The van der Waals surface area contributed by atoms with E-state index in [4.69, 9.17) is 0 Å². The second-order valence-corrected chi connectivity index (χ2v) is 4.04. The molecule has 5 heteroatoms. The molecular weight excluding hydrogens is 233 g/mol. The van der Waals surface area contributed by atoms with Crippen molar-refractivity contribution in [2.75, 3.05) is 11.9 Å². The van der Waals surface area contributed by atoms with Gasteiger partial charge in [-0.1, -0.05) is 0 Å². The van der Waals surface area contributed by atoms with Crippen LogP contribution in [0.5, 0.6) is 0 Å². The van der Waals surface area contributed by atoms with Crippen LogP contribution in [0.3, 0.4) is 0 Å². The largest absolute Gasteiger partial charge is 0.383 e. The lowest BCUT2D eigenvalue weighted by Gasteiger charge is -2.08. The number of hydrogen-bond acceptors (Lipinski definition) is 3. The SMILES string of the molecule is Cc1cnc(=O)n(CCNc2ccc(F)cc2)c1. The first-order valence-corrected chi connectivity index (χ1v) is 5.68. The van der Waals surface area contributed by atoms with Gasteiger partial charge in [-0.2, -0.15) is 0 Å². The third-order valence-corrected chi connectivity index (χ3v) is 2.51. The molecule has 94 valence electrons. The standard InChI is InChI=1S/C13H14FN3O/c1-10-8-16-13(18)17(9-10)7-6-15-12-4-2-11(14)3-5-12/h2-5,8-9,15H,6-7H2,1H3. The number of nitrogens with zero attached hydrogens (tertiary/aromatic N) is 2. The molecule has 0 spiro atoms. The van der Waals surface area contributed by atoms with E-state index in [-0.39, 0.29) is 11.5 Å². The predicted molar refractivity (Wildman–Crippen MR) is 68.1 cm³/mol. The zero-order valence-corrected chi connectivity index (χ0v) is 10.1. The van der Waals surface area contributed by atoms with Crippen molar-refractivity contribution in [1.82, 2.24) is 9.55 Å². The normalized spacial score (nSPS) is 10.3. The van der Waals surface area contributed by atoms with Crippen LogP contribution in [-0.4, -0.2) is 16.1 Å². The highest BCUT2D eigenvalue weighted by molar-refractivity contribution is 5.42. The first kappa shape index (κ1) is 12.3. The highest BCUT2D eigenvalue weighted by atomic mass is 19.1.